The summed E-state index contributed by atoms with van der Waals surface area (Å²) in [5.41, 5.74) is 2.15. The number of anilines is 1. The van der Waals surface area contributed by atoms with E-state index in [0.29, 0.717) is 29.2 Å². The quantitative estimate of drug-likeness (QED) is 0.621. The predicted molar refractivity (Wildman–Crippen MR) is 122 cm³/mol. The second kappa shape index (κ2) is 10.7. The lowest BCUT2D eigenvalue weighted by Crippen LogP contribution is -2.46. The van der Waals surface area contributed by atoms with Crippen LogP contribution in [0.1, 0.15) is 44.0 Å². The second-order valence-corrected chi connectivity index (χ2v) is 8.74. The monoisotopic (exact) mass is 429 g/mol. The smallest absolute Gasteiger partial charge is 0.341 e. The molecule has 6 nitrogen and oxygen atoms in total. The molecule has 162 valence electrons. The Balaban J connectivity index is 1.67. The predicted octanol–water partition coefficient (Wildman–Crippen LogP) is 3.99. The van der Waals surface area contributed by atoms with Crippen LogP contribution in [0.15, 0.2) is 35.7 Å². The van der Waals surface area contributed by atoms with E-state index in [0.717, 1.165) is 37.1 Å². The summed E-state index contributed by atoms with van der Waals surface area (Å²) in [4.78, 5) is 27.5. The average Bonchev–Trinajstić information content (AvgIpc) is 3.13. The molecule has 0 unspecified atom stereocenters. The first-order chi connectivity index (χ1) is 14.5. The molecule has 0 atom stereocenters. The molecule has 1 fully saturated rings. The number of amides is 1. The van der Waals surface area contributed by atoms with Crippen LogP contribution in [0.2, 0.25) is 0 Å². The summed E-state index contributed by atoms with van der Waals surface area (Å²) >= 11 is 1.36. The summed E-state index contributed by atoms with van der Waals surface area (Å²) in [6.07, 6.45) is 2.08. The molecule has 1 aromatic heterocycles. The van der Waals surface area contributed by atoms with Gasteiger partial charge in [0.05, 0.1) is 13.2 Å². The molecule has 7 heteroatoms. The third kappa shape index (κ3) is 5.90. The van der Waals surface area contributed by atoms with Gasteiger partial charge in [0.25, 0.3) is 0 Å². The SMILES string of the molecule is CCOC(=O)c1c(-c2ccccc2)csc1NC(=O)CN1CCC(NC(C)C)CC1. The van der Waals surface area contributed by atoms with E-state index in [1.807, 2.05) is 35.7 Å². The highest BCUT2D eigenvalue weighted by Gasteiger charge is 2.25. The molecule has 1 aliphatic heterocycles. The highest BCUT2D eigenvalue weighted by atomic mass is 32.1. The van der Waals surface area contributed by atoms with E-state index in [1.165, 1.54) is 11.3 Å². The number of hydrogen-bond donors (Lipinski definition) is 2. The van der Waals surface area contributed by atoms with Gasteiger partial charge in [-0.15, -0.1) is 11.3 Å². The number of ether oxygens (including phenoxy) is 1. The number of nitrogens with zero attached hydrogens (tertiary/aromatic N) is 1. The molecule has 0 aliphatic carbocycles. The van der Waals surface area contributed by atoms with Crippen LogP contribution in [0.5, 0.6) is 0 Å². The van der Waals surface area contributed by atoms with Crippen molar-refractivity contribution in [1.29, 1.82) is 0 Å². The third-order valence-corrected chi connectivity index (χ3v) is 6.03. The van der Waals surface area contributed by atoms with Gasteiger partial charge in [-0.25, -0.2) is 4.79 Å². The van der Waals surface area contributed by atoms with E-state index >= 15 is 0 Å². The zero-order chi connectivity index (χ0) is 21.5. The highest BCUT2D eigenvalue weighted by molar-refractivity contribution is 7.15. The van der Waals surface area contributed by atoms with Crippen molar-refractivity contribution in [3.05, 3.63) is 41.3 Å². The molecule has 0 radical (unpaired) electrons. The van der Waals surface area contributed by atoms with Gasteiger partial charge in [0.2, 0.25) is 5.91 Å². The van der Waals surface area contributed by atoms with Crippen molar-refractivity contribution in [3.63, 3.8) is 0 Å². The van der Waals surface area contributed by atoms with Crippen LogP contribution in [0.4, 0.5) is 5.00 Å². The lowest BCUT2D eigenvalue weighted by atomic mass is 10.0. The molecular weight excluding hydrogens is 398 g/mol. The van der Waals surface area contributed by atoms with Crippen molar-refractivity contribution in [2.45, 2.75) is 45.7 Å². The Morgan fingerprint density at radius 1 is 1.20 bits per heavy atom. The first-order valence-corrected chi connectivity index (χ1v) is 11.5. The molecular formula is C23H31N3O3S. The molecule has 2 aromatic rings. The maximum Gasteiger partial charge on any atom is 0.341 e. The fraction of sp³-hybridized carbons (Fsp3) is 0.478. The van der Waals surface area contributed by atoms with E-state index in [-0.39, 0.29) is 12.5 Å². The molecule has 2 heterocycles. The lowest BCUT2D eigenvalue weighted by Gasteiger charge is -2.32. The van der Waals surface area contributed by atoms with Gasteiger partial charge in [-0.05, 0) is 25.3 Å². The summed E-state index contributed by atoms with van der Waals surface area (Å²) < 4.78 is 5.26. The van der Waals surface area contributed by atoms with E-state index in [2.05, 4.69) is 29.4 Å². The minimum absolute atomic E-state index is 0.0997. The Morgan fingerprint density at radius 2 is 1.90 bits per heavy atom. The maximum absolute atomic E-state index is 12.7. The van der Waals surface area contributed by atoms with Crippen molar-refractivity contribution in [3.8, 4) is 11.1 Å². The molecule has 3 rings (SSSR count). The lowest BCUT2D eigenvalue weighted by molar-refractivity contribution is -0.117. The van der Waals surface area contributed by atoms with Gasteiger partial charge in [0.15, 0.2) is 0 Å². The zero-order valence-electron chi connectivity index (χ0n) is 17.9. The molecule has 2 N–H and O–H groups in total. The minimum atomic E-state index is -0.409. The molecule has 0 saturated carbocycles. The summed E-state index contributed by atoms with van der Waals surface area (Å²) in [5, 5.41) is 8.97. The summed E-state index contributed by atoms with van der Waals surface area (Å²) in [7, 11) is 0. The molecule has 1 saturated heterocycles. The van der Waals surface area contributed by atoms with Crippen LogP contribution in [0.25, 0.3) is 11.1 Å². The molecule has 0 spiro atoms. The third-order valence-electron chi connectivity index (χ3n) is 5.13. The Bertz CT molecular complexity index is 843. The van der Waals surface area contributed by atoms with Crippen molar-refractivity contribution in [2.75, 3.05) is 31.6 Å². The number of carbonyl (C=O) groups is 2. The largest absolute Gasteiger partial charge is 0.462 e. The number of benzene rings is 1. The van der Waals surface area contributed by atoms with Gasteiger partial charge in [-0.2, -0.15) is 0 Å². The van der Waals surface area contributed by atoms with Gasteiger partial charge in [-0.1, -0.05) is 44.2 Å². The van der Waals surface area contributed by atoms with Gasteiger partial charge in [0.1, 0.15) is 10.6 Å². The fourth-order valence-electron chi connectivity index (χ4n) is 3.78. The van der Waals surface area contributed by atoms with Gasteiger partial charge in [-0.3, -0.25) is 9.69 Å². The zero-order valence-corrected chi connectivity index (χ0v) is 18.8. The van der Waals surface area contributed by atoms with Crippen LogP contribution >= 0.6 is 11.3 Å². The maximum atomic E-state index is 12.7. The number of carbonyl (C=O) groups excluding carboxylic acids is 2. The van der Waals surface area contributed by atoms with Crippen LogP contribution in [0, 0.1) is 0 Å². The fourth-order valence-corrected chi connectivity index (χ4v) is 4.76. The average molecular weight is 430 g/mol. The number of hydrogen-bond acceptors (Lipinski definition) is 6. The number of rotatable bonds is 8. The topological polar surface area (TPSA) is 70.7 Å². The number of nitrogens with one attached hydrogen (secondary N) is 2. The summed E-state index contributed by atoms with van der Waals surface area (Å²) in [5.74, 6) is -0.509. The van der Waals surface area contributed by atoms with Crippen molar-refractivity contribution in [2.24, 2.45) is 0 Å². The second-order valence-electron chi connectivity index (χ2n) is 7.86. The van der Waals surface area contributed by atoms with Crippen molar-refractivity contribution < 1.29 is 14.3 Å². The van der Waals surface area contributed by atoms with Crippen LogP contribution in [-0.4, -0.2) is 55.1 Å². The Morgan fingerprint density at radius 3 is 2.53 bits per heavy atom. The number of piperidine rings is 1. The minimum Gasteiger partial charge on any atom is -0.462 e. The Hall–Kier alpha value is -2.22. The molecule has 1 aromatic carbocycles. The van der Waals surface area contributed by atoms with Crippen LogP contribution in [-0.2, 0) is 9.53 Å². The van der Waals surface area contributed by atoms with E-state index in [9.17, 15) is 9.59 Å². The molecule has 1 aliphatic rings. The number of esters is 1. The standard InChI is InChI=1S/C23H31N3O3S/c1-4-29-23(28)21-19(17-8-6-5-7-9-17)15-30-22(21)25-20(27)14-26-12-10-18(11-13-26)24-16(2)3/h5-9,15-16,18,24H,4,10-14H2,1-3H3,(H,25,27). The van der Waals surface area contributed by atoms with E-state index in [4.69, 9.17) is 4.74 Å². The Labute approximate surface area is 182 Å². The highest BCUT2D eigenvalue weighted by Crippen LogP contribution is 2.36. The number of thiophene rings is 1. The van der Waals surface area contributed by atoms with Gasteiger partial charge < -0.3 is 15.4 Å². The van der Waals surface area contributed by atoms with Gasteiger partial charge in [0, 0.05) is 36.1 Å². The van der Waals surface area contributed by atoms with Crippen LogP contribution in [0.3, 0.4) is 0 Å². The molecule has 30 heavy (non-hydrogen) atoms. The van der Waals surface area contributed by atoms with Gasteiger partial charge >= 0.3 is 5.97 Å². The Kier molecular flexibility index (Phi) is 8.01. The summed E-state index contributed by atoms with van der Waals surface area (Å²) in [6, 6.07) is 10.7. The summed E-state index contributed by atoms with van der Waals surface area (Å²) in [6.45, 7) is 8.50. The first kappa shape index (κ1) is 22.5. The van der Waals surface area contributed by atoms with E-state index in [1.54, 1.807) is 6.92 Å². The van der Waals surface area contributed by atoms with Crippen molar-refractivity contribution in [1.82, 2.24) is 10.2 Å². The number of likely N-dealkylation sites (tertiary alicyclic amines) is 1. The molecule has 0 bridgehead atoms. The van der Waals surface area contributed by atoms with Crippen LogP contribution < -0.4 is 10.6 Å². The van der Waals surface area contributed by atoms with Crippen molar-refractivity contribution >= 4 is 28.2 Å². The van der Waals surface area contributed by atoms with E-state index < -0.39 is 5.97 Å². The normalized spacial score (nSPS) is 15.3. The molecule has 1 amide bonds. The first-order valence-electron chi connectivity index (χ1n) is 10.6.